The average Bonchev–Trinajstić information content (AvgIpc) is 2.16. The van der Waals surface area contributed by atoms with Gasteiger partial charge in [0.05, 0.1) is 0 Å². The smallest absolute Gasteiger partial charge is 0.156 e. The lowest BCUT2D eigenvalue weighted by Crippen LogP contribution is -2.29. The minimum Gasteiger partial charge on any atom is -0.365 e. The average molecular weight is 200 g/mol. The monoisotopic (exact) mass is 200 g/mol. The molecule has 0 aromatic carbocycles. The van der Waals surface area contributed by atoms with E-state index >= 15 is 0 Å². The molecule has 0 saturated carbocycles. The molecular weight excluding hydrogens is 180 g/mol. The number of nitrogens with zero attached hydrogens (tertiary/aromatic N) is 1. The lowest BCUT2D eigenvalue weighted by atomic mass is 10.1. The van der Waals surface area contributed by atoms with Crippen LogP contribution in [0.1, 0.15) is 27.2 Å². The molecule has 1 aliphatic rings. The van der Waals surface area contributed by atoms with Gasteiger partial charge in [-0.1, -0.05) is 39.0 Å². The number of aliphatic imine (C=N–C) groups is 1. The number of rotatable bonds is 3. The van der Waals surface area contributed by atoms with E-state index in [9.17, 15) is 0 Å². The minimum atomic E-state index is 0.749. The van der Waals surface area contributed by atoms with Crippen LogP contribution in [0.5, 0.6) is 0 Å². The molecular formula is C10H20N2S. The van der Waals surface area contributed by atoms with Crippen LogP contribution in [0.15, 0.2) is 4.99 Å². The molecule has 0 spiro atoms. The number of hydrogen-bond donors (Lipinski definition) is 1. The summed E-state index contributed by atoms with van der Waals surface area (Å²) in [6.07, 6.45) is 1.24. The SMILES string of the molecule is CCC(C)CNC1=NCC(C)CS1. The second-order valence-corrected chi connectivity index (χ2v) is 4.97. The highest BCUT2D eigenvalue weighted by Gasteiger charge is 2.11. The third-order valence-corrected chi connectivity index (χ3v) is 3.63. The summed E-state index contributed by atoms with van der Waals surface area (Å²) in [7, 11) is 0. The molecule has 1 N–H and O–H groups in total. The summed E-state index contributed by atoms with van der Waals surface area (Å²) in [4.78, 5) is 4.49. The summed E-state index contributed by atoms with van der Waals surface area (Å²) in [5.74, 6) is 2.72. The van der Waals surface area contributed by atoms with Crippen LogP contribution in [0.25, 0.3) is 0 Å². The summed E-state index contributed by atoms with van der Waals surface area (Å²) < 4.78 is 0. The Labute approximate surface area is 85.6 Å². The number of hydrogen-bond acceptors (Lipinski definition) is 3. The van der Waals surface area contributed by atoms with E-state index in [0.29, 0.717) is 0 Å². The third kappa shape index (κ3) is 4.03. The summed E-state index contributed by atoms with van der Waals surface area (Å²) in [6, 6.07) is 0. The second kappa shape index (κ2) is 5.53. The van der Waals surface area contributed by atoms with Gasteiger partial charge in [0.1, 0.15) is 0 Å². The summed E-state index contributed by atoms with van der Waals surface area (Å²) in [5.41, 5.74) is 0. The first-order valence-corrected chi connectivity index (χ1v) is 6.12. The molecule has 0 amide bonds. The van der Waals surface area contributed by atoms with Crippen LogP contribution in [-0.2, 0) is 0 Å². The van der Waals surface area contributed by atoms with Crippen molar-refractivity contribution in [2.45, 2.75) is 27.2 Å². The zero-order valence-electron chi connectivity index (χ0n) is 8.84. The second-order valence-electron chi connectivity index (χ2n) is 3.96. The van der Waals surface area contributed by atoms with E-state index in [1.807, 2.05) is 11.8 Å². The van der Waals surface area contributed by atoms with Gasteiger partial charge in [0.2, 0.25) is 0 Å². The van der Waals surface area contributed by atoms with Gasteiger partial charge in [0.25, 0.3) is 0 Å². The van der Waals surface area contributed by atoms with Crippen molar-refractivity contribution in [2.24, 2.45) is 16.8 Å². The van der Waals surface area contributed by atoms with E-state index in [1.165, 1.54) is 12.2 Å². The molecule has 0 aromatic rings. The Balaban J connectivity index is 2.22. The zero-order valence-corrected chi connectivity index (χ0v) is 9.66. The van der Waals surface area contributed by atoms with Crippen LogP contribution in [0.3, 0.4) is 0 Å². The topological polar surface area (TPSA) is 24.4 Å². The normalized spacial score (nSPS) is 25.2. The quantitative estimate of drug-likeness (QED) is 0.756. The van der Waals surface area contributed by atoms with E-state index in [0.717, 1.165) is 30.1 Å². The van der Waals surface area contributed by atoms with Gasteiger partial charge in [-0.25, -0.2) is 0 Å². The maximum absolute atomic E-state index is 4.49. The van der Waals surface area contributed by atoms with Gasteiger partial charge < -0.3 is 5.32 Å². The molecule has 13 heavy (non-hydrogen) atoms. The fourth-order valence-electron chi connectivity index (χ4n) is 1.07. The van der Waals surface area contributed by atoms with Crippen molar-refractivity contribution in [1.29, 1.82) is 0 Å². The number of thioether (sulfide) groups is 1. The van der Waals surface area contributed by atoms with Crippen molar-refractivity contribution in [3.63, 3.8) is 0 Å². The first-order chi connectivity index (χ1) is 6.22. The molecule has 1 rings (SSSR count). The minimum absolute atomic E-state index is 0.749. The molecule has 76 valence electrons. The number of nitrogens with one attached hydrogen (secondary N) is 1. The van der Waals surface area contributed by atoms with Crippen LogP contribution in [0, 0.1) is 11.8 Å². The molecule has 2 atom stereocenters. The standard InChI is InChI=1S/C10H20N2S/c1-4-8(2)5-11-10-12-6-9(3)7-13-10/h8-9H,4-7H2,1-3H3,(H,11,12). The first kappa shape index (κ1) is 10.9. The van der Waals surface area contributed by atoms with Crippen LogP contribution in [-0.4, -0.2) is 24.0 Å². The molecule has 0 fully saturated rings. The van der Waals surface area contributed by atoms with Crippen LogP contribution in [0.4, 0.5) is 0 Å². The van der Waals surface area contributed by atoms with Crippen molar-refractivity contribution in [3.8, 4) is 0 Å². The Morgan fingerprint density at radius 3 is 3.00 bits per heavy atom. The van der Waals surface area contributed by atoms with Crippen molar-refractivity contribution in [3.05, 3.63) is 0 Å². The lowest BCUT2D eigenvalue weighted by Gasteiger charge is -2.19. The Kier molecular flexibility index (Phi) is 4.64. The highest BCUT2D eigenvalue weighted by Crippen LogP contribution is 2.15. The van der Waals surface area contributed by atoms with Crippen LogP contribution >= 0.6 is 11.8 Å². The van der Waals surface area contributed by atoms with Crippen LogP contribution < -0.4 is 5.32 Å². The molecule has 2 unspecified atom stereocenters. The van der Waals surface area contributed by atoms with Gasteiger partial charge in [-0.2, -0.15) is 0 Å². The highest BCUT2D eigenvalue weighted by atomic mass is 32.2. The predicted molar refractivity (Wildman–Crippen MR) is 61.4 cm³/mol. The molecule has 3 heteroatoms. The molecule has 0 saturated heterocycles. The molecule has 0 bridgehead atoms. The van der Waals surface area contributed by atoms with Gasteiger partial charge in [0.15, 0.2) is 5.17 Å². The van der Waals surface area contributed by atoms with Crippen LogP contribution in [0.2, 0.25) is 0 Å². The van der Waals surface area contributed by atoms with Gasteiger partial charge in [-0.05, 0) is 11.8 Å². The fraction of sp³-hybridized carbons (Fsp3) is 0.900. The molecule has 2 nitrogen and oxygen atoms in total. The van der Waals surface area contributed by atoms with E-state index in [4.69, 9.17) is 0 Å². The Morgan fingerprint density at radius 2 is 2.46 bits per heavy atom. The van der Waals surface area contributed by atoms with E-state index in [2.05, 4.69) is 31.1 Å². The van der Waals surface area contributed by atoms with E-state index in [1.54, 1.807) is 0 Å². The molecule has 0 radical (unpaired) electrons. The Hall–Kier alpha value is -0.180. The lowest BCUT2D eigenvalue weighted by molar-refractivity contribution is 0.548. The summed E-state index contributed by atoms with van der Waals surface area (Å²) in [6.45, 7) is 8.81. The summed E-state index contributed by atoms with van der Waals surface area (Å²) in [5, 5.41) is 4.56. The van der Waals surface area contributed by atoms with Gasteiger partial charge in [-0.3, -0.25) is 4.99 Å². The maximum Gasteiger partial charge on any atom is 0.156 e. The summed E-state index contributed by atoms with van der Waals surface area (Å²) >= 11 is 1.86. The molecule has 1 heterocycles. The van der Waals surface area contributed by atoms with Crippen molar-refractivity contribution in [2.75, 3.05) is 18.8 Å². The van der Waals surface area contributed by atoms with Gasteiger partial charge in [0, 0.05) is 18.8 Å². The third-order valence-electron chi connectivity index (χ3n) is 2.35. The number of amidine groups is 1. The molecule has 0 aromatic heterocycles. The first-order valence-electron chi connectivity index (χ1n) is 5.13. The molecule has 0 aliphatic carbocycles. The predicted octanol–water partition coefficient (Wildman–Crippen LogP) is 2.36. The fourth-order valence-corrected chi connectivity index (χ4v) is 1.97. The zero-order chi connectivity index (χ0) is 9.68. The van der Waals surface area contributed by atoms with Gasteiger partial charge in [-0.15, -0.1) is 0 Å². The highest BCUT2D eigenvalue weighted by molar-refractivity contribution is 8.13. The van der Waals surface area contributed by atoms with Gasteiger partial charge >= 0.3 is 0 Å². The maximum atomic E-state index is 4.49. The largest absolute Gasteiger partial charge is 0.365 e. The Morgan fingerprint density at radius 1 is 1.69 bits per heavy atom. The van der Waals surface area contributed by atoms with E-state index < -0.39 is 0 Å². The van der Waals surface area contributed by atoms with Crippen molar-refractivity contribution >= 4 is 16.9 Å². The van der Waals surface area contributed by atoms with E-state index in [-0.39, 0.29) is 0 Å². The Bertz CT molecular complexity index is 180. The van der Waals surface area contributed by atoms with Crippen molar-refractivity contribution in [1.82, 2.24) is 5.32 Å². The van der Waals surface area contributed by atoms with Crippen molar-refractivity contribution < 1.29 is 0 Å². The molecule has 1 aliphatic heterocycles.